The number of nitrogens with zero attached hydrogens (tertiary/aromatic N) is 1. The maximum absolute atomic E-state index is 12.8. The molecule has 2 bridgehead atoms. The van der Waals surface area contributed by atoms with Crippen LogP contribution in [-0.4, -0.2) is 36.6 Å². The van der Waals surface area contributed by atoms with Gasteiger partial charge in [-0.3, -0.25) is 4.90 Å². The van der Waals surface area contributed by atoms with E-state index in [1.54, 1.807) is 0 Å². The van der Waals surface area contributed by atoms with Crippen molar-refractivity contribution < 1.29 is 14.3 Å². The largest absolute Gasteiger partial charge is 0.465 e. The predicted octanol–water partition coefficient (Wildman–Crippen LogP) is 6.83. The highest BCUT2D eigenvalue weighted by atomic mass is 16.5. The van der Waals surface area contributed by atoms with Crippen molar-refractivity contribution in [1.82, 2.24) is 15.5 Å². The maximum Gasteiger partial charge on any atom is 0.337 e. The lowest BCUT2D eigenvalue weighted by Crippen LogP contribution is -2.44. The molecule has 204 valence electrons. The minimum absolute atomic E-state index is 0.0592. The Morgan fingerprint density at radius 3 is 2.46 bits per heavy atom. The number of urea groups is 1. The molecular formula is C33H39N3O3. The Morgan fingerprint density at radius 2 is 1.67 bits per heavy atom. The number of nitrogens with one attached hydrogen (secondary N) is 2. The number of esters is 1. The first-order valence-corrected chi connectivity index (χ1v) is 14.5. The molecule has 3 atom stereocenters. The Bertz CT molecular complexity index is 1360. The molecule has 0 spiro atoms. The van der Waals surface area contributed by atoms with Crippen molar-refractivity contribution in [2.75, 3.05) is 13.7 Å². The number of benzene rings is 3. The molecule has 6 rings (SSSR count). The molecule has 3 aliphatic rings. The molecule has 2 N–H and O–H groups in total. The van der Waals surface area contributed by atoms with Gasteiger partial charge in [-0.05, 0) is 104 Å². The van der Waals surface area contributed by atoms with Crippen molar-refractivity contribution in [2.24, 2.45) is 5.92 Å². The van der Waals surface area contributed by atoms with E-state index in [0.717, 1.165) is 37.8 Å². The zero-order valence-corrected chi connectivity index (χ0v) is 23.0. The third kappa shape index (κ3) is 5.14. The minimum Gasteiger partial charge on any atom is -0.465 e. The summed E-state index contributed by atoms with van der Waals surface area (Å²) in [4.78, 5) is 27.5. The number of carbonyl (C=O) groups is 2. The van der Waals surface area contributed by atoms with Crippen LogP contribution in [0.15, 0.2) is 60.7 Å². The zero-order valence-electron chi connectivity index (χ0n) is 23.0. The van der Waals surface area contributed by atoms with Crippen LogP contribution in [0.3, 0.4) is 0 Å². The molecule has 3 aromatic carbocycles. The molecule has 39 heavy (non-hydrogen) atoms. The Hall–Kier alpha value is -3.38. The van der Waals surface area contributed by atoms with Crippen LogP contribution in [0.25, 0.3) is 10.8 Å². The number of fused-ring (bicyclic) bond motifs is 6. The molecule has 1 saturated carbocycles. The molecule has 1 saturated heterocycles. The van der Waals surface area contributed by atoms with E-state index in [4.69, 9.17) is 4.74 Å². The molecular weight excluding hydrogens is 486 g/mol. The fourth-order valence-electron chi connectivity index (χ4n) is 7.31. The summed E-state index contributed by atoms with van der Waals surface area (Å²) in [6.07, 6.45) is 7.97. The molecule has 2 amide bonds. The first-order valence-electron chi connectivity index (χ1n) is 14.5. The fraction of sp³-hybridized carbons (Fsp3) is 0.455. The van der Waals surface area contributed by atoms with E-state index in [1.807, 2.05) is 18.2 Å². The average Bonchev–Trinajstić information content (AvgIpc) is 3.51. The zero-order chi connectivity index (χ0) is 26.9. The summed E-state index contributed by atoms with van der Waals surface area (Å²) in [6.45, 7) is 3.15. The molecule has 0 radical (unpaired) electrons. The van der Waals surface area contributed by atoms with Crippen LogP contribution in [0, 0.1) is 5.92 Å². The van der Waals surface area contributed by atoms with E-state index in [9.17, 15) is 9.59 Å². The molecule has 2 heterocycles. The lowest BCUT2D eigenvalue weighted by Gasteiger charge is -2.31. The molecule has 0 unspecified atom stereocenters. The van der Waals surface area contributed by atoms with Crippen molar-refractivity contribution in [3.05, 3.63) is 82.9 Å². The quantitative estimate of drug-likeness (QED) is 0.332. The van der Waals surface area contributed by atoms with Crippen molar-refractivity contribution in [1.29, 1.82) is 0 Å². The highest BCUT2D eigenvalue weighted by Gasteiger charge is 2.43. The highest BCUT2D eigenvalue weighted by Crippen LogP contribution is 2.53. The lowest BCUT2D eigenvalue weighted by molar-refractivity contribution is 0.0600. The monoisotopic (exact) mass is 525 g/mol. The molecule has 2 aliphatic heterocycles. The summed E-state index contributed by atoms with van der Waals surface area (Å²) in [5, 5.41) is 8.79. The van der Waals surface area contributed by atoms with Gasteiger partial charge in [0.25, 0.3) is 0 Å². The number of amides is 2. The lowest BCUT2D eigenvalue weighted by atomic mass is 9.84. The number of methoxy groups -OCH3 is 1. The van der Waals surface area contributed by atoms with Crippen LogP contribution in [-0.2, 0) is 4.74 Å². The summed E-state index contributed by atoms with van der Waals surface area (Å²) in [7, 11) is 1.44. The topological polar surface area (TPSA) is 70.7 Å². The Kier molecular flexibility index (Phi) is 7.30. The van der Waals surface area contributed by atoms with Gasteiger partial charge in [0.05, 0.1) is 18.7 Å². The SMILES string of the molecule is COC(=O)c1ccc2c(c1)[C@H]1CC[C@@H]2N1CC[C@H]1CC[C@H](NC(=O)N[C@@H](C)c2cccc3ccccc23)CC1. The van der Waals surface area contributed by atoms with Gasteiger partial charge in [-0.25, -0.2) is 9.59 Å². The van der Waals surface area contributed by atoms with Crippen LogP contribution in [0.2, 0.25) is 0 Å². The second kappa shape index (κ2) is 11.0. The van der Waals surface area contributed by atoms with Gasteiger partial charge < -0.3 is 15.4 Å². The van der Waals surface area contributed by atoms with Crippen molar-refractivity contribution in [3.63, 3.8) is 0 Å². The highest BCUT2D eigenvalue weighted by molar-refractivity contribution is 5.90. The molecule has 6 heteroatoms. The van der Waals surface area contributed by atoms with Gasteiger partial charge in [0.15, 0.2) is 0 Å². The predicted molar refractivity (Wildman–Crippen MR) is 154 cm³/mol. The Morgan fingerprint density at radius 1 is 0.923 bits per heavy atom. The fourth-order valence-corrected chi connectivity index (χ4v) is 7.31. The smallest absolute Gasteiger partial charge is 0.337 e. The van der Waals surface area contributed by atoms with Gasteiger partial charge in [0.2, 0.25) is 0 Å². The summed E-state index contributed by atoms with van der Waals surface area (Å²) in [5.74, 6) is 0.448. The Balaban J connectivity index is 0.972. The summed E-state index contributed by atoms with van der Waals surface area (Å²) < 4.78 is 4.93. The first-order chi connectivity index (χ1) is 19.0. The van der Waals surface area contributed by atoms with Crippen molar-refractivity contribution >= 4 is 22.8 Å². The van der Waals surface area contributed by atoms with Gasteiger partial charge in [-0.1, -0.05) is 48.5 Å². The van der Waals surface area contributed by atoms with E-state index in [0.29, 0.717) is 23.6 Å². The molecule has 0 aromatic heterocycles. The van der Waals surface area contributed by atoms with Gasteiger partial charge in [-0.2, -0.15) is 0 Å². The third-order valence-electron chi connectivity index (χ3n) is 9.36. The number of ether oxygens (including phenoxy) is 1. The average molecular weight is 526 g/mol. The van der Waals surface area contributed by atoms with E-state index < -0.39 is 0 Å². The standard InChI is InChI=1S/C33H39N3O3/c1-21(26-9-5-7-23-6-3-4-8-27(23)26)34-33(38)35-25-13-10-22(11-14-25)18-19-36-30-16-17-31(36)29-20-24(32(37)39-2)12-15-28(29)30/h3-9,12,15,20-22,25,30-31H,10-11,13-14,16-19H2,1-2H3,(H2,34,35,38)/t21-,22-,25-,30-,31+/m0/s1. The molecule has 6 nitrogen and oxygen atoms in total. The van der Waals surface area contributed by atoms with Crippen molar-refractivity contribution in [2.45, 2.75) is 76.0 Å². The number of hydrogen-bond acceptors (Lipinski definition) is 4. The molecule has 1 aliphatic carbocycles. The number of rotatable bonds is 7. The van der Waals surface area contributed by atoms with Crippen LogP contribution in [0.5, 0.6) is 0 Å². The second-order valence-electron chi connectivity index (χ2n) is 11.6. The van der Waals surface area contributed by atoms with E-state index in [1.165, 1.54) is 48.3 Å². The molecule has 2 fully saturated rings. The second-order valence-corrected chi connectivity index (χ2v) is 11.6. The van der Waals surface area contributed by atoms with E-state index >= 15 is 0 Å². The summed E-state index contributed by atoms with van der Waals surface area (Å²) >= 11 is 0. The van der Waals surface area contributed by atoms with Gasteiger partial charge in [-0.15, -0.1) is 0 Å². The van der Waals surface area contributed by atoms with E-state index in [2.05, 4.69) is 64.9 Å². The number of carbonyl (C=O) groups excluding carboxylic acids is 2. The summed E-state index contributed by atoms with van der Waals surface area (Å²) in [5.41, 5.74) is 4.53. The van der Waals surface area contributed by atoms with Crippen LogP contribution >= 0.6 is 0 Å². The third-order valence-corrected chi connectivity index (χ3v) is 9.36. The van der Waals surface area contributed by atoms with Crippen molar-refractivity contribution in [3.8, 4) is 0 Å². The summed E-state index contributed by atoms with van der Waals surface area (Å²) in [6, 6.07) is 21.7. The van der Waals surface area contributed by atoms with E-state index in [-0.39, 0.29) is 24.1 Å². The maximum atomic E-state index is 12.8. The van der Waals surface area contributed by atoms with Gasteiger partial charge in [0.1, 0.15) is 0 Å². The normalized spacial score (nSPS) is 24.8. The van der Waals surface area contributed by atoms with Gasteiger partial charge >= 0.3 is 12.0 Å². The Labute approximate surface area is 231 Å². The first kappa shape index (κ1) is 25.9. The molecule has 3 aromatic rings. The van der Waals surface area contributed by atoms with Crippen LogP contribution in [0.4, 0.5) is 4.79 Å². The van der Waals surface area contributed by atoms with Crippen LogP contribution < -0.4 is 10.6 Å². The minimum atomic E-state index is -0.255. The van der Waals surface area contributed by atoms with Gasteiger partial charge in [0, 0.05) is 18.1 Å². The number of hydrogen-bond donors (Lipinski definition) is 2. The van der Waals surface area contributed by atoms with Crippen LogP contribution in [0.1, 0.15) is 97.0 Å².